The third kappa shape index (κ3) is 4.28. The topological polar surface area (TPSA) is 13.1 Å². The van der Waals surface area contributed by atoms with Crippen LogP contribution < -0.4 is 0 Å². The van der Waals surface area contributed by atoms with E-state index < -0.39 is 24.2 Å². The Kier molecular flexibility index (Phi) is 4.43. The first-order valence-electron chi connectivity index (χ1n) is 21.4. The second-order valence-electron chi connectivity index (χ2n) is 12.9. The Morgan fingerprint density at radius 3 is 1.73 bits per heavy atom. The molecule has 0 atom stereocenters. The molecule has 1 aromatic heterocycles. The van der Waals surface area contributed by atoms with Crippen molar-refractivity contribution in [1.82, 2.24) is 0 Å². The minimum atomic E-state index is -0.529. The number of furan rings is 1. The molecule has 0 saturated carbocycles. The number of fused-ring (bicyclic) bond motifs is 8. The van der Waals surface area contributed by atoms with Gasteiger partial charge in [-0.05, 0) is 118 Å². The molecule has 11 aromatic rings. The van der Waals surface area contributed by atoms with Crippen molar-refractivity contribution in [2.75, 3.05) is 0 Å². The Bertz CT molecular complexity index is 3660. The zero-order valence-electron chi connectivity index (χ0n) is 36.0. The first-order chi connectivity index (χ1) is 29.0. The van der Waals surface area contributed by atoms with E-state index >= 15 is 0 Å². The Hall–Kier alpha value is -6.70. The van der Waals surface area contributed by atoms with Gasteiger partial charge in [0.2, 0.25) is 0 Å². The third-order valence-corrected chi connectivity index (χ3v) is 10.1. The van der Waals surface area contributed by atoms with Crippen LogP contribution >= 0.6 is 0 Å². The van der Waals surface area contributed by atoms with Crippen LogP contribution in [-0.2, 0) is 0 Å². The average Bonchev–Trinajstić information content (AvgIpc) is 3.68. The maximum Gasteiger partial charge on any atom is 0.136 e. The molecule has 1 heteroatoms. The van der Waals surface area contributed by atoms with E-state index in [4.69, 9.17) is 15.4 Å². The molecule has 236 valence electrons. The Morgan fingerprint density at radius 2 is 0.980 bits per heavy atom. The summed E-state index contributed by atoms with van der Waals surface area (Å²) in [6.07, 6.45) is 0. The molecule has 0 spiro atoms. The van der Waals surface area contributed by atoms with Crippen molar-refractivity contribution in [3.05, 3.63) is 182 Å². The van der Waals surface area contributed by atoms with E-state index in [9.17, 15) is 1.37 Å². The number of hydrogen-bond acceptors (Lipinski definition) is 1. The summed E-state index contributed by atoms with van der Waals surface area (Å²) in [5.41, 5.74) is 5.06. The summed E-state index contributed by atoms with van der Waals surface area (Å²) in [5.74, 6) is 0. The highest BCUT2D eigenvalue weighted by Gasteiger charge is 2.19. The van der Waals surface area contributed by atoms with Gasteiger partial charge in [0, 0.05) is 10.8 Å². The van der Waals surface area contributed by atoms with E-state index in [2.05, 4.69) is 103 Å². The van der Waals surface area contributed by atoms with Gasteiger partial charge in [-0.15, -0.1) is 0 Å². The van der Waals surface area contributed by atoms with Crippen molar-refractivity contribution >= 4 is 75.8 Å². The Balaban J connectivity index is 1.14. The molecule has 0 aliphatic carbocycles. The highest BCUT2D eigenvalue weighted by molar-refractivity contribution is 6.24. The van der Waals surface area contributed by atoms with Gasteiger partial charge in [0.1, 0.15) is 11.2 Å². The van der Waals surface area contributed by atoms with Gasteiger partial charge < -0.3 is 4.42 Å². The first-order valence-corrected chi connectivity index (χ1v) is 16.9. The van der Waals surface area contributed by atoms with Crippen LogP contribution in [0, 0.1) is 0 Å². The van der Waals surface area contributed by atoms with Crippen molar-refractivity contribution in [2.24, 2.45) is 0 Å². The van der Waals surface area contributed by atoms with Gasteiger partial charge >= 0.3 is 0 Å². The van der Waals surface area contributed by atoms with Crippen LogP contribution in [0.4, 0.5) is 0 Å². The molecule has 1 heterocycles. The predicted octanol–water partition coefficient (Wildman–Crippen LogP) is 14.4. The summed E-state index contributed by atoms with van der Waals surface area (Å²) in [7, 11) is 0. The monoisotopic (exact) mass is 655 g/mol. The molecule has 11 rings (SSSR count). The number of rotatable bonds is 3. The molecule has 1 nitrogen and oxygen atoms in total. The lowest BCUT2D eigenvalue weighted by Crippen LogP contribution is -1.91. The highest BCUT2D eigenvalue weighted by Crippen LogP contribution is 2.46. The fraction of sp³-hybridized carbons (Fsp3) is 0. The van der Waals surface area contributed by atoms with E-state index in [0.29, 0.717) is 5.56 Å². The lowest BCUT2D eigenvalue weighted by molar-refractivity contribution is 0.669. The molecule has 0 unspecified atom stereocenters. The summed E-state index contributed by atoms with van der Waals surface area (Å²) >= 11 is 0. The van der Waals surface area contributed by atoms with E-state index in [-0.39, 0.29) is 68.5 Å². The molecule has 0 amide bonds. The van der Waals surface area contributed by atoms with Crippen LogP contribution in [0.1, 0.15) is 12.3 Å². The van der Waals surface area contributed by atoms with Crippen LogP contribution in [0.5, 0.6) is 0 Å². The zero-order chi connectivity index (χ0) is 41.3. The maximum atomic E-state index is 9.27. The van der Waals surface area contributed by atoms with E-state index in [1.54, 1.807) is 0 Å². The Labute approximate surface area is 307 Å². The molecule has 0 fully saturated rings. The molecular formula is C50H30O. The molecule has 0 N–H and O–H groups in total. The van der Waals surface area contributed by atoms with Gasteiger partial charge in [-0.1, -0.05) is 152 Å². The van der Waals surface area contributed by atoms with Gasteiger partial charge in [-0.25, -0.2) is 0 Å². The van der Waals surface area contributed by atoms with E-state index in [1.807, 2.05) is 24.3 Å². The second kappa shape index (κ2) is 10.9. The van der Waals surface area contributed by atoms with Crippen molar-refractivity contribution < 1.29 is 16.8 Å². The van der Waals surface area contributed by atoms with Gasteiger partial charge in [0.25, 0.3) is 0 Å². The van der Waals surface area contributed by atoms with Gasteiger partial charge in [0.15, 0.2) is 0 Å². The second-order valence-corrected chi connectivity index (χ2v) is 12.9. The molecule has 10 aromatic carbocycles. The summed E-state index contributed by atoms with van der Waals surface area (Å²) in [6.45, 7) is 0. The fourth-order valence-corrected chi connectivity index (χ4v) is 7.86. The van der Waals surface area contributed by atoms with Crippen LogP contribution in [-0.4, -0.2) is 0 Å². The van der Waals surface area contributed by atoms with Crippen molar-refractivity contribution in [3.8, 4) is 33.4 Å². The Morgan fingerprint density at radius 1 is 0.373 bits per heavy atom. The molecule has 51 heavy (non-hydrogen) atoms. The third-order valence-electron chi connectivity index (χ3n) is 10.1. The number of hydrogen-bond donors (Lipinski definition) is 0. The summed E-state index contributed by atoms with van der Waals surface area (Å²) < 4.78 is 84.7. The number of benzene rings is 10. The SMILES string of the molecule is [2H]c1c([2H])c(-c2ccc3cc(-c4c5ccccc5c(-c5cccc6ccccc56)c5ccccc45)ccc3c2)c2c(oc3c([2H])c4c([2H])c([2H])c([2H])c([2H])c4c([2H])c32)c1[2H]. The van der Waals surface area contributed by atoms with Crippen LogP contribution in [0.15, 0.2) is 186 Å². The minimum Gasteiger partial charge on any atom is -0.456 e. The molecule has 0 aliphatic heterocycles. The molecule has 0 aliphatic rings. The maximum absolute atomic E-state index is 9.27. The van der Waals surface area contributed by atoms with Crippen LogP contribution in [0.3, 0.4) is 0 Å². The summed E-state index contributed by atoms with van der Waals surface area (Å²) in [5, 5.41) is 8.64. The van der Waals surface area contributed by atoms with Gasteiger partial charge in [0.05, 0.1) is 12.3 Å². The van der Waals surface area contributed by atoms with Crippen molar-refractivity contribution in [2.45, 2.75) is 0 Å². The highest BCUT2D eigenvalue weighted by atomic mass is 16.3. The van der Waals surface area contributed by atoms with Crippen LogP contribution in [0.2, 0.25) is 0 Å². The van der Waals surface area contributed by atoms with Crippen molar-refractivity contribution in [1.29, 1.82) is 0 Å². The minimum absolute atomic E-state index is 0.0608. The normalized spacial score (nSPS) is 14.4. The lowest BCUT2D eigenvalue weighted by Gasteiger charge is -2.19. The summed E-state index contributed by atoms with van der Waals surface area (Å²) in [6, 6.07) is 40.4. The van der Waals surface area contributed by atoms with E-state index in [1.165, 1.54) is 21.9 Å². The smallest absolute Gasteiger partial charge is 0.136 e. The molecule has 0 radical (unpaired) electrons. The summed E-state index contributed by atoms with van der Waals surface area (Å²) in [4.78, 5) is 0. The van der Waals surface area contributed by atoms with Gasteiger partial charge in [-0.3, -0.25) is 0 Å². The van der Waals surface area contributed by atoms with Gasteiger partial charge in [-0.2, -0.15) is 0 Å². The predicted molar refractivity (Wildman–Crippen MR) is 218 cm³/mol. The fourth-order valence-electron chi connectivity index (χ4n) is 7.86. The molecule has 0 bridgehead atoms. The van der Waals surface area contributed by atoms with E-state index in [0.717, 1.165) is 43.4 Å². The lowest BCUT2D eigenvalue weighted by atomic mass is 9.84. The zero-order valence-corrected chi connectivity index (χ0v) is 27.0. The molecule has 0 saturated heterocycles. The quantitative estimate of drug-likeness (QED) is 0.173. The van der Waals surface area contributed by atoms with Crippen molar-refractivity contribution in [3.63, 3.8) is 0 Å². The molecular weight excluding hydrogens is 617 g/mol. The standard InChI is InChI=1S/C50H30O/c1-2-13-33-30-47-45(29-32(33)12-1)50-39(20-10-22-46(50)51-47)36-25-23-35-28-37(26-24-34(35)27-36)48-41-16-5-7-18-43(41)49(44-19-8-6-17-42(44)48)40-21-9-14-31-11-3-4-15-38(31)40/h1-30H/i1D,2D,10D,12D,13D,20D,22D,29D,30D. The average molecular weight is 656 g/mol. The first kappa shape index (κ1) is 20.7. The van der Waals surface area contributed by atoms with Crippen LogP contribution in [0.25, 0.3) is 109 Å². The largest absolute Gasteiger partial charge is 0.456 e.